The number of rotatable bonds is 2. The van der Waals surface area contributed by atoms with Gasteiger partial charge in [0, 0.05) is 20.5 Å². The predicted octanol–water partition coefficient (Wildman–Crippen LogP) is 5.72. The highest BCUT2D eigenvalue weighted by molar-refractivity contribution is 9.09. The Bertz CT molecular complexity index is 775. The minimum absolute atomic E-state index is 0.702. The van der Waals surface area contributed by atoms with Crippen molar-refractivity contribution < 1.29 is 0 Å². The van der Waals surface area contributed by atoms with Gasteiger partial charge in [-0.15, -0.1) is 0 Å². The Hall–Kier alpha value is -1.02. The van der Waals surface area contributed by atoms with Gasteiger partial charge in [-0.25, -0.2) is 0 Å². The molecule has 2 aromatic rings. The highest BCUT2D eigenvalue weighted by atomic mass is 79.9. The Kier molecular flexibility index (Phi) is 4.54. The topological polar surface area (TPSA) is 23.8 Å². The van der Waals surface area contributed by atoms with Crippen molar-refractivity contribution in [1.29, 1.82) is 5.26 Å². The molecule has 21 heavy (non-hydrogen) atoms. The second kappa shape index (κ2) is 6.39. The van der Waals surface area contributed by atoms with Gasteiger partial charge >= 0.3 is 0 Å². The van der Waals surface area contributed by atoms with E-state index in [1.807, 2.05) is 12.1 Å². The molecule has 0 atom stereocenters. The molecule has 0 aliphatic carbocycles. The summed E-state index contributed by atoms with van der Waals surface area (Å²) in [5, 5.41) is 10.7. The highest BCUT2D eigenvalue weighted by Gasteiger charge is 2.21. The molecule has 0 spiro atoms. The van der Waals surface area contributed by atoms with Crippen LogP contribution in [0.3, 0.4) is 0 Å². The van der Waals surface area contributed by atoms with Gasteiger partial charge in [-0.1, -0.05) is 61.8 Å². The van der Waals surface area contributed by atoms with E-state index >= 15 is 0 Å². The van der Waals surface area contributed by atoms with Crippen LogP contribution in [0.15, 0.2) is 52.3 Å². The molecule has 0 unspecified atom stereocenters. The molecule has 1 heterocycles. The lowest BCUT2D eigenvalue weighted by Gasteiger charge is -2.12. The lowest BCUT2D eigenvalue weighted by Crippen LogP contribution is -1.95. The van der Waals surface area contributed by atoms with Crippen molar-refractivity contribution >= 4 is 54.8 Å². The van der Waals surface area contributed by atoms with Crippen LogP contribution in [0.2, 0.25) is 0 Å². The van der Waals surface area contributed by atoms with Gasteiger partial charge in [0.2, 0.25) is 0 Å². The monoisotopic (exact) mass is 419 g/mol. The van der Waals surface area contributed by atoms with E-state index in [0.29, 0.717) is 5.56 Å². The van der Waals surface area contributed by atoms with Gasteiger partial charge in [-0.3, -0.25) is 0 Å². The van der Waals surface area contributed by atoms with Gasteiger partial charge in [0.25, 0.3) is 0 Å². The van der Waals surface area contributed by atoms with Gasteiger partial charge in [0.1, 0.15) is 0 Å². The van der Waals surface area contributed by atoms with Crippen LogP contribution in [0, 0.1) is 11.3 Å². The molecular formula is C17H11Br2NS. The normalized spacial score (nSPS) is 13.2. The summed E-state index contributed by atoms with van der Waals surface area (Å²) >= 11 is 9.02. The molecule has 4 heteroatoms. The molecular weight excluding hydrogens is 410 g/mol. The minimum Gasteiger partial charge on any atom is -0.192 e. The summed E-state index contributed by atoms with van der Waals surface area (Å²) in [4.78, 5) is 2.46. The Labute approximate surface area is 145 Å². The maximum Gasteiger partial charge on any atom is 0.0991 e. The lowest BCUT2D eigenvalue weighted by atomic mass is 9.96. The Balaban J connectivity index is 2.34. The molecule has 0 radical (unpaired) electrons. The van der Waals surface area contributed by atoms with Crippen molar-refractivity contribution in [2.45, 2.75) is 9.79 Å². The van der Waals surface area contributed by atoms with E-state index in [-0.39, 0.29) is 0 Å². The number of allylic oxidation sites excluding steroid dienone is 2. The zero-order chi connectivity index (χ0) is 14.8. The summed E-state index contributed by atoms with van der Waals surface area (Å²) < 4.78 is 0. The molecule has 0 aromatic heterocycles. The van der Waals surface area contributed by atoms with Crippen molar-refractivity contribution in [3.05, 3.63) is 59.2 Å². The van der Waals surface area contributed by atoms with E-state index < -0.39 is 0 Å². The van der Waals surface area contributed by atoms with E-state index in [2.05, 4.69) is 68.3 Å². The minimum atomic E-state index is 0.702. The summed E-state index contributed by atoms with van der Waals surface area (Å²) in [5.41, 5.74) is 5.65. The third kappa shape index (κ3) is 2.70. The second-order valence-electron chi connectivity index (χ2n) is 4.65. The number of benzene rings is 2. The molecule has 1 aliphatic heterocycles. The van der Waals surface area contributed by atoms with Gasteiger partial charge in [-0.2, -0.15) is 5.26 Å². The zero-order valence-electron chi connectivity index (χ0n) is 11.1. The summed E-state index contributed by atoms with van der Waals surface area (Å²) in [5.74, 6) is 0. The average Bonchev–Trinajstić information content (AvgIpc) is 2.67. The van der Waals surface area contributed by atoms with E-state index in [9.17, 15) is 5.26 Å². The number of hydrogen-bond donors (Lipinski definition) is 0. The van der Waals surface area contributed by atoms with Crippen molar-refractivity contribution in [3.63, 3.8) is 0 Å². The van der Waals surface area contributed by atoms with Crippen molar-refractivity contribution in [3.8, 4) is 6.07 Å². The average molecular weight is 421 g/mol. The molecule has 3 rings (SSSR count). The first-order valence-corrected chi connectivity index (χ1v) is 9.50. The van der Waals surface area contributed by atoms with E-state index in [1.54, 1.807) is 11.8 Å². The number of fused-ring (bicyclic) bond motifs is 2. The number of hydrogen-bond acceptors (Lipinski definition) is 2. The lowest BCUT2D eigenvalue weighted by molar-refractivity contribution is 1.35. The Morgan fingerprint density at radius 1 is 0.905 bits per heavy atom. The summed E-state index contributed by atoms with van der Waals surface area (Å²) in [6, 6.07) is 16.6. The molecule has 0 bridgehead atoms. The van der Waals surface area contributed by atoms with Crippen LogP contribution in [0.4, 0.5) is 0 Å². The first kappa shape index (κ1) is 14.9. The van der Waals surface area contributed by atoms with E-state index in [0.717, 1.165) is 16.2 Å². The van der Waals surface area contributed by atoms with Crippen LogP contribution < -0.4 is 0 Å². The third-order valence-corrected chi connectivity index (χ3v) is 5.77. The van der Waals surface area contributed by atoms with Gasteiger partial charge in [0.15, 0.2) is 0 Å². The smallest absolute Gasteiger partial charge is 0.0991 e. The van der Waals surface area contributed by atoms with Crippen molar-refractivity contribution in [1.82, 2.24) is 0 Å². The largest absolute Gasteiger partial charge is 0.192 e. The fourth-order valence-corrected chi connectivity index (χ4v) is 4.87. The third-order valence-electron chi connectivity index (χ3n) is 3.50. The summed E-state index contributed by atoms with van der Waals surface area (Å²) in [6.45, 7) is 0. The fourth-order valence-electron chi connectivity index (χ4n) is 2.48. The first-order chi connectivity index (χ1) is 10.3. The molecule has 0 fully saturated rings. The van der Waals surface area contributed by atoms with Crippen molar-refractivity contribution in [2.75, 3.05) is 10.7 Å². The summed E-state index contributed by atoms with van der Waals surface area (Å²) in [7, 11) is 0. The zero-order valence-corrected chi connectivity index (χ0v) is 15.1. The molecule has 0 N–H and O–H groups in total. The van der Waals surface area contributed by atoms with Crippen LogP contribution in [-0.2, 0) is 0 Å². The van der Waals surface area contributed by atoms with Crippen LogP contribution in [0.5, 0.6) is 0 Å². The quantitative estimate of drug-likeness (QED) is 0.579. The van der Waals surface area contributed by atoms with Crippen LogP contribution in [0.25, 0.3) is 11.1 Å². The second-order valence-corrected chi connectivity index (χ2v) is 6.85. The molecule has 0 amide bonds. The standard InChI is InChI=1S/C17H11Br2NS/c18-8-14-12-3-1-2-4-16(12)21-17-6-5-11(10-20)7-13(17)15(14)9-19/h1-7H,8-9H2. The molecule has 0 saturated heterocycles. The number of nitriles is 1. The first-order valence-electron chi connectivity index (χ1n) is 6.44. The van der Waals surface area contributed by atoms with Gasteiger partial charge in [-0.05, 0) is 46.5 Å². The Morgan fingerprint density at radius 2 is 1.57 bits per heavy atom. The fraction of sp³-hybridized carbons (Fsp3) is 0.118. The number of nitrogens with zero attached hydrogens (tertiary/aromatic N) is 1. The van der Waals surface area contributed by atoms with Gasteiger partial charge < -0.3 is 0 Å². The molecule has 1 nitrogen and oxygen atoms in total. The Morgan fingerprint density at radius 3 is 2.29 bits per heavy atom. The van der Waals surface area contributed by atoms with Crippen LogP contribution in [0.1, 0.15) is 16.7 Å². The van der Waals surface area contributed by atoms with E-state index in [4.69, 9.17) is 0 Å². The predicted molar refractivity (Wildman–Crippen MR) is 96.1 cm³/mol. The van der Waals surface area contributed by atoms with Crippen molar-refractivity contribution in [2.24, 2.45) is 0 Å². The maximum absolute atomic E-state index is 9.17. The number of alkyl halides is 2. The SMILES string of the molecule is N#Cc1ccc2c(c1)C(CBr)=C(CBr)c1ccccc1S2. The molecule has 1 aliphatic rings. The van der Waals surface area contributed by atoms with E-state index in [1.165, 1.54) is 26.5 Å². The molecule has 0 saturated carbocycles. The maximum atomic E-state index is 9.17. The highest BCUT2D eigenvalue weighted by Crippen LogP contribution is 2.45. The molecule has 104 valence electrons. The van der Waals surface area contributed by atoms with Crippen LogP contribution in [-0.4, -0.2) is 10.7 Å². The van der Waals surface area contributed by atoms with Crippen LogP contribution >= 0.6 is 43.6 Å². The molecule has 2 aromatic carbocycles. The van der Waals surface area contributed by atoms with Gasteiger partial charge in [0.05, 0.1) is 11.6 Å². The number of halogens is 2. The summed E-state index contributed by atoms with van der Waals surface area (Å²) in [6.07, 6.45) is 0.